The van der Waals surface area contributed by atoms with Gasteiger partial charge in [0.25, 0.3) is 0 Å². The van der Waals surface area contributed by atoms with Crippen molar-refractivity contribution in [3.8, 4) is 5.82 Å². The fourth-order valence-electron chi connectivity index (χ4n) is 4.63. The van der Waals surface area contributed by atoms with Crippen molar-refractivity contribution in [2.75, 3.05) is 0 Å². The first kappa shape index (κ1) is 21.3. The largest absolute Gasteiger partial charge is 0.352 e. The lowest BCUT2D eigenvalue weighted by molar-refractivity contribution is 0.310. The lowest BCUT2D eigenvalue weighted by Gasteiger charge is -2.28. The minimum Gasteiger partial charge on any atom is -0.352 e. The van der Waals surface area contributed by atoms with Crippen LogP contribution in [0.25, 0.3) is 5.82 Å². The van der Waals surface area contributed by atoms with E-state index >= 15 is 0 Å². The summed E-state index contributed by atoms with van der Waals surface area (Å²) in [5, 5.41) is 4.27. The Morgan fingerprint density at radius 2 is 1.79 bits per heavy atom. The minimum absolute atomic E-state index is 0.00837. The molecule has 33 heavy (non-hydrogen) atoms. The Bertz CT molecular complexity index is 1270. The van der Waals surface area contributed by atoms with Crippen molar-refractivity contribution in [3.63, 3.8) is 0 Å². The number of pyridine rings is 3. The summed E-state index contributed by atoms with van der Waals surface area (Å²) in [6, 6.07) is 16.5. The van der Waals surface area contributed by atoms with Gasteiger partial charge in [-0.1, -0.05) is 12.1 Å². The van der Waals surface area contributed by atoms with Crippen molar-refractivity contribution < 1.29 is 0 Å². The van der Waals surface area contributed by atoms with Crippen LogP contribution in [0.4, 0.5) is 0 Å². The zero-order valence-corrected chi connectivity index (χ0v) is 19.8. The first-order valence-electron chi connectivity index (χ1n) is 11.0. The van der Waals surface area contributed by atoms with Crippen LogP contribution in [0.15, 0.2) is 73.3 Å². The van der Waals surface area contributed by atoms with Gasteiger partial charge in [-0.2, -0.15) is 0 Å². The van der Waals surface area contributed by atoms with Crippen molar-refractivity contribution >= 4 is 17.3 Å². The predicted molar refractivity (Wildman–Crippen MR) is 133 cm³/mol. The van der Waals surface area contributed by atoms with Crippen LogP contribution in [0.5, 0.6) is 0 Å². The molecule has 7 heteroatoms. The summed E-state index contributed by atoms with van der Waals surface area (Å²) in [4.78, 5) is 15.8. The summed E-state index contributed by atoms with van der Waals surface area (Å²) in [6.07, 6.45) is 7.39. The van der Waals surface area contributed by atoms with Gasteiger partial charge in [-0.05, 0) is 86.1 Å². The summed E-state index contributed by atoms with van der Waals surface area (Å²) in [5.41, 5.74) is 6.79. The standard InChI is InChI=1S/C26H26N6S/c1-17-7-8-23(29-15-17)32-18(2)14-21(19(32)3)25-24(22-6-4-5-11-28-22)30-26(33)31(25)16-20-9-12-27-13-10-20/h4-15,24-25H,16H2,1-3H3,(H,30,33)/t24-,25+/m1/s1. The number of thiocarbonyl (C=S) groups is 1. The fourth-order valence-corrected chi connectivity index (χ4v) is 4.94. The number of nitrogens with one attached hydrogen (secondary N) is 1. The molecule has 1 saturated heterocycles. The lowest BCUT2D eigenvalue weighted by atomic mass is 9.96. The summed E-state index contributed by atoms with van der Waals surface area (Å²) in [7, 11) is 0. The number of hydrogen-bond donors (Lipinski definition) is 1. The van der Waals surface area contributed by atoms with Crippen molar-refractivity contribution in [1.29, 1.82) is 0 Å². The van der Waals surface area contributed by atoms with Gasteiger partial charge in [-0.15, -0.1) is 0 Å². The summed E-state index contributed by atoms with van der Waals surface area (Å²) >= 11 is 5.84. The Morgan fingerprint density at radius 1 is 0.970 bits per heavy atom. The minimum atomic E-state index is -0.0551. The van der Waals surface area contributed by atoms with E-state index in [0.717, 1.165) is 39.1 Å². The van der Waals surface area contributed by atoms with Gasteiger partial charge < -0.3 is 14.8 Å². The second kappa shape index (κ2) is 8.75. The highest BCUT2D eigenvalue weighted by Gasteiger charge is 2.41. The highest BCUT2D eigenvalue weighted by molar-refractivity contribution is 7.80. The van der Waals surface area contributed by atoms with Crippen LogP contribution in [-0.4, -0.2) is 29.5 Å². The van der Waals surface area contributed by atoms with Gasteiger partial charge in [0, 0.05) is 42.7 Å². The number of nitrogens with zero attached hydrogens (tertiary/aromatic N) is 5. The molecule has 1 fully saturated rings. The summed E-state index contributed by atoms with van der Waals surface area (Å²) in [5.74, 6) is 0.922. The zero-order chi connectivity index (χ0) is 22.9. The normalized spacial score (nSPS) is 17.9. The fraction of sp³-hybridized carbons (Fsp3) is 0.231. The molecule has 1 N–H and O–H groups in total. The Labute approximate surface area is 199 Å². The molecule has 0 bridgehead atoms. The van der Waals surface area contributed by atoms with Crippen LogP contribution in [-0.2, 0) is 6.54 Å². The molecule has 0 spiro atoms. The molecule has 1 aliphatic heterocycles. The van der Waals surface area contributed by atoms with E-state index in [2.05, 4.69) is 74.8 Å². The molecule has 0 amide bonds. The van der Waals surface area contributed by atoms with Crippen molar-refractivity contribution in [2.45, 2.75) is 39.4 Å². The van der Waals surface area contributed by atoms with E-state index in [1.165, 1.54) is 5.56 Å². The van der Waals surface area contributed by atoms with E-state index < -0.39 is 0 Å². The second-order valence-corrected chi connectivity index (χ2v) is 8.85. The van der Waals surface area contributed by atoms with Crippen molar-refractivity contribution in [1.82, 2.24) is 29.7 Å². The van der Waals surface area contributed by atoms with Gasteiger partial charge in [-0.25, -0.2) is 4.98 Å². The Hall–Kier alpha value is -3.58. The van der Waals surface area contributed by atoms with Gasteiger partial charge in [-0.3, -0.25) is 9.97 Å². The molecule has 1 aliphatic rings. The first-order chi connectivity index (χ1) is 16.0. The highest BCUT2D eigenvalue weighted by atomic mass is 32.1. The highest BCUT2D eigenvalue weighted by Crippen LogP contribution is 2.42. The van der Waals surface area contributed by atoms with Crippen molar-refractivity contribution in [3.05, 3.63) is 107 Å². The van der Waals surface area contributed by atoms with Crippen LogP contribution in [0, 0.1) is 20.8 Å². The Morgan fingerprint density at radius 3 is 2.48 bits per heavy atom. The molecule has 4 aromatic heterocycles. The number of aryl methyl sites for hydroxylation is 2. The molecule has 2 atom stereocenters. The summed E-state index contributed by atoms with van der Waals surface area (Å²) in [6.45, 7) is 7.03. The van der Waals surface area contributed by atoms with E-state index in [0.29, 0.717) is 6.54 Å². The lowest BCUT2D eigenvalue weighted by Crippen LogP contribution is -2.29. The maximum absolute atomic E-state index is 5.84. The Kier molecular flexibility index (Phi) is 5.64. The average molecular weight is 455 g/mol. The molecule has 166 valence electrons. The average Bonchev–Trinajstić information content (AvgIpc) is 3.31. The van der Waals surface area contributed by atoms with Gasteiger partial charge in [0.2, 0.25) is 0 Å². The number of aromatic nitrogens is 4. The maximum Gasteiger partial charge on any atom is 0.170 e. The monoisotopic (exact) mass is 454 g/mol. The Balaban J connectivity index is 1.61. The van der Waals surface area contributed by atoms with E-state index in [9.17, 15) is 0 Å². The SMILES string of the molecule is Cc1ccc(-n2c(C)cc([C@H]3[C@@H](c4ccccn4)NC(=S)N3Cc3ccncc3)c2C)nc1. The number of rotatable bonds is 5. The van der Waals surface area contributed by atoms with E-state index in [-0.39, 0.29) is 12.1 Å². The molecule has 6 nitrogen and oxygen atoms in total. The van der Waals surface area contributed by atoms with Crippen molar-refractivity contribution in [2.24, 2.45) is 0 Å². The topological polar surface area (TPSA) is 58.9 Å². The van der Waals surface area contributed by atoms with E-state index in [4.69, 9.17) is 12.2 Å². The predicted octanol–water partition coefficient (Wildman–Crippen LogP) is 4.76. The third-order valence-corrected chi connectivity index (χ3v) is 6.57. The zero-order valence-electron chi connectivity index (χ0n) is 18.9. The van der Waals surface area contributed by atoms with Gasteiger partial charge in [0.15, 0.2) is 5.11 Å². The molecule has 5 heterocycles. The quantitative estimate of drug-likeness (QED) is 0.439. The third kappa shape index (κ3) is 4.00. The van der Waals surface area contributed by atoms with E-state index in [1.807, 2.05) is 49.1 Å². The van der Waals surface area contributed by atoms with Gasteiger partial charge in [0.1, 0.15) is 5.82 Å². The molecule has 0 saturated carbocycles. The molecular weight excluding hydrogens is 428 g/mol. The molecule has 0 radical (unpaired) electrons. The molecule has 5 rings (SSSR count). The molecule has 0 aromatic carbocycles. The first-order valence-corrected chi connectivity index (χ1v) is 11.4. The van der Waals surface area contributed by atoms with Crippen LogP contribution < -0.4 is 5.32 Å². The third-order valence-electron chi connectivity index (χ3n) is 6.21. The van der Waals surface area contributed by atoms with E-state index in [1.54, 1.807) is 0 Å². The molecular formula is C26H26N6S. The number of hydrogen-bond acceptors (Lipinski definition) is 4. The van der Waals surface area contributed by atoms with Crippen LogP contribution in [0.2, 0.25) is 0 Å². The second-order valence-electron chi connectivity index (χ2n) is 8.47. The van der Waals surface area contributed by atoms with Gasteiger partial charge >= 0.3 is 0 Å². The maximum atomic E-state index is 5.84. The van der Waals surface area contributed by atoms with Crippen LogP contribution in [0.1, 0.15) is 45.9 Å². The molecule has 4 aromatic rings. The van der Waals surface area contributed by atoms with Crippen LogP contribution >= 0.6 is 12.2 Å². The van der Waals surface area contributed by atoms with Gasteiger partial charge in [0.05, 0.1) is 17.8 Å². The summed E-state index contributed by atoms with van der Waals surface area (Å²) < 4.78 is 2.22. The molecule has 0 aliphatic carbocycles. The van der Waals surface area contributed by atoms with Crippen LogP contribution in [0.3, 0.4) is 0 Å². The smallest absolute Gasteiger partial charge is 0.170 e. The molecule has 0 unspecified atom stereocenters.